The van der Waals surface area contributed by atoms with E-state index in [-0.39, 0.29) is 0 Å². The monoisotopic (exact) mass is 406 g/mol. The fourth-order valence-corrected chi connectivity index (χ4v) is 2.29. The number of esters is 2. The summed E-state index contributed by atoms with van der Waals surface area (Å²) in [5.41, 5.74) is 2.89. The Morgan fingerprint density at radius 2 is 0.767 bits per heavy atom. The van der Waals surface area contributed by atoms with Gasteiger partial charge in [0.2, 0.25) is 0 Å². The summed E-state index contributed by atoms with van der Waals surface area (Å²) in [7, 11) is 0. The van der Waals surface area contributed by atoms with Crippen molar-refractivity contribution in [3.8, 4) is 11.5 Å². The summed E-state index contributed by atoms with van der Waals surface area (Å²) in [6.07, 6.45) is 0. The molecule has 0 N–H and O–H groups in total. The van der Waals surface area contributed by atoms with Gasteiger partial charge in [0.15, 0.2) is 0 Å². The highest BCUT2D eigenvalue weighted by atomic mass is 16.5. The third-order valence-corrected chi connectivity index (χ3v) is 3.82. The van der Waals surface area contributed by atoms with Crippen LogP contribution < -0.4 is 9.47 Å². The molecule has 0 aromatic heterocycles. The maximum absolute atomic E-state index is 12.2. The maximum Gasteiger partial charge on any atom is 0.343 e. The quantitative estimate of drug-likeness (QED) is 0.353. The number of hydrogen-bond acceptors (Lipinski definition) is 4. The van der Waals surface area contributed by atoms with Gasteiger partial charge in [-0.3, -0.25) is 0 Å². The van der Waals surface area contributed by atoms with Crippen LogP contribution in [0.25, 0.3) is 0 Å². The molecule has 4 nitrogen and oxygen atoms in total. The molecular formula is C26H30O4. The second kappa shape index (κ2) is 12.9. The van der Waals surface area contributed by atoms with E-state index < -0.39 is 11.9 Å². The van der Waals surface area contributed by atoms with Gasteiger partial charge in [-0.25, -0.2) is 9.59 Å². The van der Waals surface area contributed by atoms with E-state index >= 15 is 0 Å². The predicted octanol–water partition coefficient (Wildman–Crippen LogP) is 6.79. The molecule has 0 fully saturated rings. The van der Waals surface area contributed by atoms with E-state index in [1.807, 2.05) is 65.8 Å². The summed E-state index contributed by atoms with van der Waals surface area (Å²) in [6.45, 7) is 11.9. The zero-order valence-electron chi connectivity index (χ0n) is 18.6. The Morgan fingerprint density at radius 1 is 0.500 bits per heavy atom. The van der Waals surface area contributed by atoms with Gasteiger partial charge >= 0.3 is 11.9 Å². The lowest BCUT2D eigenvalue weighted by Crippen LogP contribution is -2.11. The molecule has 0 saturated carbocycles. The first-order valence-electron chi connectivity index (χ1n) is 10.2. The van der Waals surface area contributed by atoms with Gasteiger partial charge in [0.05, 0.1) is 11.1 Å². The van der Waals surface area contributed by atoms with Gasteiger partial charge in [-0.05, 0) is 62.4 Å². The van der Waals surface area contributed by atoms with Crippen molar-refractivity contribution in [1.82, 2.24) is 0 Å². The molecule has 0 saturated heterocycles. The molecular weight excluding hydrogens is 376 g/mol. The minimum atomic E-state index is -0.479. The average Bonchev–Trinajstić information content (AvgIpc) is 2.79. The Morgan fingerprint density at radius 3 is 1.03 bits per heavy atom. The Balaban J connectivity index is 0.00000106. The number of carbonyl (C=O) groups is 2. The normalized spacial score (nSPS) is 9.27. The fourth-order valence-electron chi connectivity index (χ4n) is 2.29. The molecule has 0 atom stereocenters. The van der Waals surface area contributed by atoms with E-state index in [1.165, 1.54) is 0 Å². The molecule has 0 aliphatic carbocycles. The van der Waals surface area contributed by atoms with E-state index in [2.05, 4.69) is 0 Å². The first-order chi connectivity index (χ1) is 14.5. The van der Waals surface area contributed by atoms with E-state index in [0.29, 0.717) is 22.6 Å². The number of carbonyl (C=O) groups excluding carboxylic acids is 2. The molecule has 3 aromatic rings. The van der Waals surface area contributed by atoms with E-state index in [9.17, 15) is 9.59 Å². The molecule has 3 aromatic carbocycles. The molecule has 0 bridgehead atoms. The third kappa shape index (κ3) is 7.55. The lowest BCUT2D eigenvalue weighted by Gasteiger charge is -2.07. The van der Waals surface area contributed by atoms with Gasteiger partial charge in [-0.15, -0.1) is 0 Å². The van der Waals surface area contributed by atoms with Crippen LogP contribution in [0.2, 0.25) is 0 Å². The van der Waals surface area contributed by atoms with Gasteiger partial charge in [0.25, 0.3) is 0 Å². The smallest absolute Gasteiger partial charge is 0.343 e. The van der Waals surface area contributed by atoms with Crippen LogP contribution in [0.1, 0.15) is 59.5 Å². The predicted molar refractivity (Wildman–Crippen MR) is 121 cm³/mol. The fraction of sp³-hybridized carbons (Fsp3) is 0.231. The van der Waals surface area contributed by atoms with Crippen molar-refractivity contribution in [2.24, 2.45) is 0 Å². The van der Waals surface area contributed by atoms with E-state index in [1.54, 1.807) is 48.5 Å². The number of aryl methyl sites for hydroxylation is 2. The second-order valence-electron chi connectivity index (χ2n) is 5.98. The first kappa shape index (κ1) is 24.6. The zero-order valence-corrected chi connectivity index (χ0v) is 18.6. The molecule has 0 unspecified atom stereocenters. The molecule has 0 radical (unpaired) electrons. The van der Waals surface area contributed by atoms with Crippen LogP contribution in [0.3, 0.4) is 0 Å². The molecule has 0 spiro atoms. The highest BCUT2D eigenvalue weighted by molar-refractivity contribution is 5.94. The average molecular weight is 407 g/mol. The topological polar surface area (TPSA) is 52.6 Å². The molecule has 30 heavy (non-hydrogen) atoms. The zero-order chi connectivity index (χ0) is 22.5. The van der Waals surface area contributed by atoms with E-state index in [4.69, 9.17) is 9.47 Å². The van der Waals surface area contributed by atoms with Crippen LogP contribution in [-0.2, 0) is 0 Å². The molecule has 0 aliphatic heterocycles. The van der Waals surface area contributed by atoms with Gasteiger partial charge in [0, 0.05) is 0 Å². The molecule has 0 heterocycles. The van der Waals surface area contributed by atoms with Gasteiger partial charge in [-0.2, -0.15) is 0 Å². The van der Waals surface area contributed by atoms with Crippen molar-refractivity contribution in [2.45, 2.75) is 41.5 Å². The highest BCUT2D eigenvalue weighted by Gasteiger charge is 2.12. The lowest BCUT2D eigenvalue weighted by atomic mass is 10.1. The summed E-state index contributed by atoms with van der Waals surface area (Å²) in [4.78, 5) is 24.3. The van der Waals surface area contributed by atoms with Crippen LogP contribution in [0.15, 0.2) is 72.8 Å². The minimum absolute atomic E-state index is 0.359. The van der Waals surface area contributed by atoms with Crippen LogP contribution in [0, 0.1) is 13.8 Å². The van der Waals surface area contributed by atoms with Crippen LogP contribution in [0.4, 0.5) is 0 Å². The minimum Gasteiger partial charge on any atom is -0.423 e. The van der Waals surface area contributed by atoms with Gasteiger partial charge in [0.1, 0.15) is 11.5 Å². The van der Waals surface area contributed by atoms with Crippen molar-refractivity contribution in [3.05, 3.63) is 95.1 Å². The molecule has 4 heteroatoms. The standard InChI is InChI=1S/C22H18O4.2C2H6/c1-15-3-11-19(12-4-15)25-21(23)17-7-9-18(10-8-17)22(24)26-20-13-5-16(2)6-14-20;2*1-2/h3-14H,1-2H3;2*1-2H3. The number of benzene rings is 3. The Bertz CT molecular complexity index is 830. The summed E-state index contributed by atoms with van der Waals surface area (Å²) in [5.74, 6) is -0.00785. The van der Waals surface area contributed by atoms with Crippen molar-refractivity contribution in [2.75, 3.05) is 0 Å². The number of ether oxygens (including phenoxy) is 2. The SMILES string of the molecule is CC.CC.Cc1ccc(OC(=O)c2ccc(C(=O)Oc3ccc(C)cc3)cc2)cc1. The van der Waals surface area contributed by atoms with Crippen molar-refractivity contribution in [1.29, 1.82) is 0 Å². The van der Waals surface area contributed by atoms with Gasteiger partial charge < -0.3 is 9.47 Å². The summed E-state index contributed by atoms with van der Waals surface area (Å²) in [5, 5.41) is 0. The van der Waals surface area contributed by atoms with Crippen molar-refractivity contribution < 1.29 is 19.1 Å². The van der Waals surface area contributed by atoms with Crippen molar-refractivity contribution >= 4 is 11.9 Å². The summed E-state index contributed by atoms with van der Waals surface area (Å²) >= 11 is 0. The van der Waals surface area contributed by atoms with Crippen LogP contribution >= 0.6 is 0 Å². The van der Waals surface area contributed by atoms with Crippen molar-refractivity contribution in [3.63, 3.8) is 0 Å². The number of hydrogen-bond donors (Lipinski definition) is 0. The Kier molecular flexibility index (Phi) is 10.6. The summed E-state index contributed by atoms with van der Waals surface area (Å²) < 4.78 is 10.6. The molecule has 0 aliphatic rings. The molecule has 158 valence electrons. The van der Waals surface area contributed by atoms with Crippen LogP contribution in [0.5, 0.6) is 11.5 Å². The van der Waals surface area contributed by atoms with Crippen LogP contribution in [-0.4, -0.2) is 11.9 Å². The second-order valence-corrected chi connectivity index (χ2v) is 5.98. The Hall–Kier alpha value is -3.40. The Labute approximate surface area is 179 Å². The number of rotatable bonds is 4. The molecule has 3 rings (SSSR count). The summed E-state index contributed by atoms with van der Waals surface area (Å²) in [6, 6.07) is 20.6. The first-order valence-corrected chi connectivity index (χ1v) is 10.2. The highest BCUT2D eigenvalue weighted by Crippen LogP contribution is 2.16. The van der Waals surface area contributed by atoms with Gasteiger partial charge in [-0.1, -0.05) is 63.1 Å². The maximum atomic E-state index is 12.2. The largest absolute Gasteiger partial charge is 0.423 e. The third-order valence-electron chi connectivity index (χ3n) is 3.82. The van der Waals surface area contributed by atoms with E-state index in [0.717, 1.165) is 11.1 Å². The molecule has 0 amide bonds. The lowest BCUT2D eigenvalue weighted by molar-refractivity contribution is 0.0720.